The molecule has 0 aliphatic rings. The van der Waals surface area contributed by atoms with E-state index in [1.54, 1.807) is 18.2 Å². The number of hydrogen-bond acceptors (Lipinski definition) is 5. The van der Waals surface area contributed by atoms with Crippen molar-refractivity contribution in [2.75, 3.05) is 35.8 Å². The molecule has 0 atom stereocenters. The summed E-state index contributed by atoms with van der Waals surface area (Å²) >= 11 is 0. The first-order chi connectivity index (χ1) is 11.2. The van der Waals surface area contributed by atoms with Gasteiger partial charge in [-0.2, -0.15) is 0 Å². The molecule has 0 fully saturated rings. The second kappa shape index (κ2) is 7.17. The molecule has 24 heavy (non-hydrogen) atoms. The van der Waals surface area contributed by atoms with Crippen LogP contribution in [-0.2, 0) is 14.6 Å². The molecular formula is C17H23N3O3S. The maximum atomic E-state index is 12.0. The maximum Gasteiger partial charge on any atom is 0.239 e. The monoisotopic (exact) mass is 349 g/mol. The fraction of sp³-hybridized carbons (Fsp3) is 0.412. The molecule has 1 aromatic carbocycles. The van der Waals surface area contributed by atoms with Crippen LogP contribution in [0.15, 0.2) is 30.3 Å². The van der Waals surface area contributed by atoms with E-state index in [1.165, 1.54) is 0 Å². The third-order valence-electron chi connectivity index (χ3n) is 3.35. The molecule has 0 saturated carbocycles. The van der Waals surface area contributed by atoms with Gasteiger partial charge in [-0.1, -0.05) is 13.8 Å². The fourth-order valence-corrected chi connectivity index (χ4v) is 4.01. The number of anilines is 2. The van der Waals surface area contributed by atoms with Gasteiger partial charge in [0.1, 0.15) is 11.6 Å². The molecule has 1 amide bonds. The lowest BCUT2D eigenvalue weighted by Crippen LogP contribution is -2.26. The number of pyridine rings is 1. The van der Waals surface area contributed by atoms with Crippen LogP contribution < -0.4 is 10.2 Å². The predicted octanol–water partition coefficient (Wildman–Crippen LogP) is 2.31. The number of aromatic nitrogens is 1. The molecule has 130 valence electrons. The average Bonchev–Trinajstić information content (AvgIpc) is 2.44. The summed E-state index contributed by atoms with van der Waals surface area (Å²) in [4.78, 5) is 18.4. The third kappa shape index (κ3) is 4.92. The van der Waals surface area contributed by atoms with Gasteiger partial charge >= 0.3 is 0 Å². The Labute approximate surface area is 142 Å². The van der Waals surface area contributed by atoms with Crippen LogP contribution in [0.1, 0.15) is 13.8 Å². The number of rotatable bonds is 6. The van der Waals surface area contributed by atoms with Gasteiger partial charge in [-0.05, 0) is 36.2 Å². The molecule has 0 bridgehead atoms. The number of carbonyl (C=O) groups is 1. The van der Waals surface area contributed by atoms with E-state index in [9.17, 15) is 13.2 Å². The first-order valence-corrected chi connectivity index (χ1v) is 9.57. The number of amides is 1. The molecule has 0 unspecified atom stereocenters. The van der Waals surface area contributed by atoms with Gasteiger partial charge in [-0.25, -0.2) is 13.4 Å². The summed E-state index contributed by atoms with van der Waals surface area (Å²) in [5, 5.41) is 3.52. The number of fused-ring (bicyclic) bond motifs is 1. The molecular weight excluding hydrogens is 326 g/mol. The number of benzene rings is 1. The highest BCUT2D eigenvalue weighted by atomic mass is 32.2. The van der Waals surface area contributed by atoms with E-state index >= 15 is 0 Å². The van der Waals surface area contributed by atoms with Crippen molar-refractivity contribution in [2.24, 2.45) is 5.92 Å². The van der Waals surface area contributed by atoms with Gasteiger partial charge < -0.3 is 10.2 Å². The predicted molar refractivity (Wildman–Crippen MR) is 98.2 cm³/mol. The zero-order chi connectivity index (χ0) is 17.9. The van der Waals surface area contributed by atoms with E-state index in [0.717, 1.165) is 16.7 Å². The van der Waals surface area contributed by atoms with Gasteiger partial charge in [0.05, 0.1) is 11.3 Å². The molecule has 0 saturated heterocycles. The summed E-state index contributed by atoms with van der Waals surface area (Å²) in [5.41, 5.74) is 1.37. The zero-order valence-corrected chi connectivity index (χ0v) is 15.2. The molecule has 0 aliphatic heterocycles. The molecule has 0 spiro atoms. The van der Waals surface area contributed by atoms with Crippen LogP contribution in [0.2, 0.25) is 0 Å². The van der Waals surface area contributed by atoms with Crippen LogP contribution in [-0.4, -0.2) is 44.9 Å². The Kier molecular flexibility index (Phi) is 5.43. The fourth-order valence-electron chi connectivity index (χ4n) is 2.41. The van der Waals surface area contributed by atoms with Gasteiger partial charge in [-0.3, -0.25) is 4.79 Å². The van der Waals surface area contributed by atoms with Crippen molar-refractivity contribution in [3.8, 4) is 0 Å². The molecule has 1 N–H and O–H groups in total. The van der Waals surface area contributed by atoms with Crippen LogP contribution in [0.4, 0.5) is 11.5 Å². The summed E-state index contributed by atoms with van der Waals surface area (Å²) in [6.45, 7) is 3.63. The van der Waals surface area contributed by atoms with Crippen LogP contribution >= 0.6 is 0 Å². The standard InChI is InChI=1S/C17H23N3O3S/c1-12(2)10-24(22,23)11-17(21)18-14-6-7-15-13(9-14)5-8-16(19-15)20(3)4/h5-9,12H,10-11H2,1-4H3,(H,18,21). The SMILES string of the molecule is CC(C)CS(=O)(=O)CC(=O)Nc1ccc2nc(N(C)C)ccc2c1. The second-order valence-corrected chi connectivity index (χ2v) is 8.58. The molecule has 2 rings (SSSR count). The lowest BCUT2D eigenvalue weighted by Gasteiger charge is -2.12. The van der Waals surface area contributed by atoms with Crippen LogP contribution in [0.3, 0.4) is 0 Å². The van der Waals surface area contributed by atoms with Gasteiger partial charge in [0.25, 0.3) is 0 Å². The minimum absolute atomic E-state index is 0.000404. The molecule has 0 aliphatic carbocycles. The van der Waals surface area contributed by atoms with E-state index in [2.05, 4.69) is 10.3 Å². The Morgan fingerprint density at radius 2 is 1.92 bits per heavy atom. The summed E-state index contributed by atoms with van der Waals surface area (Å²) < 4.78 is 23.8. The highest BCUT2D eigenvalue weighted by Gasteiger charge is 2.18. The zero-order valence-electron chi connectivity index (χ0n) is 14.4. The lowest BCUT2D eigenvalue weighted by atomic mass is 10.2. The number of hydrogen-bond donors (Lipinski definition) is 1. The lowest BCUT2D eigenvalue weighted by molar-refractivity contribution is -0.113. The van der Waals surface area contributed by atoms with E-state index in [1.807, 2.05) is 45.0 Å². The van der Waals surface area contributed by atoms with E-state index in [-0.39, 0.29) is 11.7 Å². The average molecular weight is 349 g/mol. The second-order valence-electron chi connectivity index (χ2n) is 6.47. The third-order valence-corrected chi connectivity index (χ3v) is 5.23. The maximum absolute atomic E-state index is 12.0. The highest BCUT2D eigenvalue weighted by molar-refractivity contribution is 7.92. The topological polar surface area (TPSA) is 79.4 Å². The minimum Gasteiger partial charge on any atom is -0.363 e. The highest BCUT2D eigenvalue weighted by Crippen LogP contribution is 2.20. The largest absolute Gasteiger partial charge is 0.363 e. The van der Waals surface area contributed by atoms with Gasteiger partial charge in [-0.15, -0.1) is 0 Å². The quantitative estimate of drug-likeness (QED) is 0.866. The Morgan fingerprint density at radius 1 is 1.21 bits per heavy atom. The smallest absolute Gasteiger partial charge is 0.239 e. The van der Waals surface area contributed by atoms with Crippen LogP contribution in [0, 0.1) is 5.92 Å². The molecule has 7 heteroatoms. The van der Waals surface area contributed by atoms with E-state index < -0.39 is 21.5 Å². The molecule has 2 aromatic rings. The van der Waals surface area contributed by atoms with Crippen molar-refractivity contribution in [3.63, 3.8) is 0 Å². The van der Waals surface area contributed by atoms with Crippen LogP contribution in [0.5, 0.6) is 0 Å². The van der Waals surface area contributed by atoms with Crippen molar-refractivity contribution in [2.45, 2.75) is 13.8 Å². The first-order valence-electron chi connectivity index (χ1n) is 7.75. The summed E-state index contributed by atoms with van der Waals surface area (Å²) in [6.07, 6.45) is 0. The molecule has 1 heterocycles. The number of carbonyl (C=O) groups excluding carboxylic acids is 1. The normalized spacial score (nSPS) is 11.7. The first kappa shape index (κ1) is 18.2. The molecule has 1 aromatic heterocycles. The summed E-state index contributed by atoms with van der Waals surface area (Å²) in [7, 11) is 0.446. The Morgan fingerprint density at radius 3 is 2.54 bits per heavy atom. The molecule has 6 nitrogen and oxygen atoms in total. The number of sulfone groups is 1. The van der Waals surface area contributed by atoms with Crippen molar-refractivity contribution in [1.29, 1.82) is 0 Å². The van der Waals surface area contributed by atoms with Crippen LogP contribution in [0.25, 0.3) is 10.9 Å². The number of nitrogens with zero attached hydrogens (tertiary/aromatic N) is 2. The van der Waals surface area contributed by atoms with Crippen molar-refractivity contribution in [1.82, 2.24) is 4.98 Å². The van der Waals surface area contributed by atoms with E-state index in [0.29, 0.717) is 5.69 Å². The number of nitrogens with one attached hydrogen (secondary N) is 1. The van der Waals surface area contributed by atoms with Gasteiger partial charge in [0.2, 0.25) is 5.91 Å². The van der Waals surface area contributed by atoms with E-state index in [4.69, 9.17) is 0 Å². The minimum atomic E-state index is -3.39. The van der Waals surface area contributed by atoms with Crippen molar-refractivity contribution in [3.05, 3.63) is 30.3 Å². The Hall–Kier alpha value is -2.15. The Balaban J connectivity index is 2.13. The molecule has 0 radical (unpaired) electrons. The summed E-state index contributed by atoms with van der Waals surface area (Å²) in [5.74, 6) is -0.163. The van der Waals surface area contributed by atoms with Gasteiger partial charge in [0, 0.05) is 25.2 Å². The Bertz CT molecular complexity index is 845. The van der Waals surface area contributed by atoms with Gasteiger partial charge in [0.15, 0.2) is 9.84 Å². The van der Waals surface area contributed by atoms with Crippen molar-refractivity contribution < 1.29 is 13.2 Å². The van der Waals surface area contributed by atoms with Crippen molar-refractivity contribution >= 4 is 38.2 Å². The summed E-state index contributed by atoms with van der Waals surface area (Å²) in [6, 6.07) is 9.13.